The third-order valence-electron chi connectivity index (χ3n) is 6.93. The largest absolute Gasteiger partial charge is 1.00 e. The van der Waals surface area contributed by atoms with Crippen LogP contribution in [0.2, 0.25) is 0 Å². The molecule has 3 aromatic carbocycles. The molecule has 43 heavy (non-hydrogen) atoms. The van der Waals surface area contributed by atoms with Gasteiger partial charge in [-0.3, -0.25) is 4.79 Å². The van der Waals surface area contributed by atoms with E-state index in [1.54, 1.807) is 30.3 Å². The average molecular weight is 620 g/mol. The van der Waals surface area contributed by atoms with Crippen LogP contribution in [0.15, 0.2) is 95.5 Å². The van der Waals surface area contributed by atoms with Crippen LogP contribution in [0.3, 0.4) is 0 Å². The predicted molar refractivity (Wildman–Crippen MR) is 150 cm³/mol. The van der Waals surface area contributed by atoms with Gasteiger partial charge in [0.1, 0.15) is 16.9 Å². The topological polar surface area (TPSA) is 149 Å². The van der Waals surface area contributed by atoms with Crippen LogP contribution in [0.5, 0.6) is 0 Å². The van der Waals surface area contributed by atoms with Gasteiger partial charge >= 0.3 is 65.2 Å². The van der Waals surface area contributed by atoms with Crippen molar-refractivity contribution < 1.29 is 92.2 Å². The summed E-state index contributed by atoms with van der Waals surface area (Å²) in [5.41, 5.74) is 0.472. The van der Waals surface area contributed by atoms with Gasteiger partial charge in [0.05, 0.1) is 11.6 Å². The van der Waals surface area contributed by atoms with Crippen LogP contribution in [0.25, 0.3) is 21.9 Å². The summed E-state index contributed by atoms with van der Waals surface area (Å²) in [7, 11) is -5.19. The van der Waals surface area contributed by atoms with E-state index in [9.17, 15) is 23.9 Å². The van der Waals surface area contributed by atoms with Crippen molar-refractivity contribution in [1.82, 2.24) is 15.0 Å². The van der Waals surface area contributed by atoms with E-state index in [0.717, 1.165) is 10.9 Å². The van der Waals surface area contributed by atoms with Gasteiger partial charge in [-0.05, 0) is 43.2 Å². The van der Waals surface area contributed by atoms with E-state index in [-0.39, 0.29) is 77.7 Å². The van der Waals surface area contributed by atoms with Crippen LogP contribution in [0, 0.1) is 0 Å². The van der Waals surface area contributed by atoms with Crippen molar-refractivity contribution in [2.24, 2.45) is 0 Å². The van der Waals surface area contributed by atoms with Crippen molar-refractivity contribution in [1.29, 1.82) is 0 Å². The Kier molecular flexibility index (Phi) is 11.9. The zero-order chi connectivity index (χ0) is 29.2. The number of amides is 2. The van der Waals surface area contributed by atoms with E-state index in [4.69, 9.17) is 9.15 Å². The number of fused-ring (bicyclic) bond motifs is 2. The number of carbonyl (C=O) groups excluding carboxylic acids is 2. The van der Waals surface area contributed by atoms with Crippen molar-refractivity contribution in [3.63, 3.8) is 0 Å². The van der Waals surface area contributed by atoms with Gasteiger partial charge in [-0.15, -0.1) is 0 Å². The van der Waals surface area contributed by atoms with Gasteiger partial charge in [-0.1, -0.05) is 66.7 Å². The maximum absolute atomic E-state index is 13.7. The zero-order valence-electron chi connectivity index (χ0n) is 24.4. The van der Waals surface area contributed by atoms with Crippen molar-refractivity contribution in [3.8, 4) is 0 Å². The number of furan rings is 1. The van der Waals surface area contributed by atoms with Crippen LogP contribution < -0.4 is 79.5 Å². The minimum Gasteiger partial charge on any atom is -0.795 e. The van der Waals surface area contributed by atoms with Crippen LogP contribution in [-0.2, 0) is 27.1 Å². The molecule has 5 rings (SSSR count). The molecule has 0 unspecified atom stereocenters. The van der Waals surface area contributed by atoms with E-state index in [0.29, 0.717) is 26.6 Å². The maximum atomic E-state index is 13.7. The molecule has 5 aromatic rings. The standard InChI is InChI=1S/C30H30N3O7P.2Na/c1-20(21-10-4-3-5-11-21)31-28(34)30(2,17-23-18-33(41(36,37)38)26-14-8-7-13-25(23)26)32-29(35)39-19-24-16-22-12-6-9-15-27(22)40-24;;/h3-16,18,20H,17,19H2,1-2H3,(H,31,34)(H,32,35)(H2,36,37,38);;/q;2*+1/p-2/t20-,30-;;/m1../s1. The molecule has 0 bridgehead atoms. The van der Waals surface area contributed by atoms with E-state index < -0.39 is 31.3 Å². The molecular formula is C30H28N3Na2O7P. The first-order chi connectivity index (χ1) is 19.5. The molecule has 2 N–H and O–H groups in total. The molecular weight excluding hydrogens is 591 g/mol. The second-order valence-electron chi connectivity index (χ2n) is 10.1. The Balaban J connectivity index is 0.00000253. The molecule has 0 radical (unpaired) electrons. The van der Waals surface area contributed by atoms with Crippen LogP contribution in [0.1, 0.15) is 36.8 Å². The molecule has 0 fully saturated rings. The summed E-state index contributed by atoms with van der Waals surface area (Å²) in [5.74, 6) is -0.103. The Morgan fingerprint density at radius 1 is 1.00 bits per heavy atom. The Labute approximate surface area is 293 Å². The first kappa shape index (κ1) is 35.1. The fourth-order valence-electron chi connectivity index (χ4n) is 4.82. The van der Waals surface area contributed by atoms with E-state index in [1.807, 2.05) is 55.5 Å². The number of benzene rings is 3. The van der Waals surface area contributed by atoms with Crippen molar-refractivity contribution in [2.75, 3.05) is 0 Å². The van der Waals surface area contributed by atoms with Crippen LogP contribution in [0.4, 0.5) is 4.79 Å². The maximum Gasteiger partial charge on any atom is 1.00 e. The monoisotopic (exact) mass is 619 g/mol. The van der Waals surface area contributed by atoms with Gasteiger partial charge in [0.15, 0.2) is 6.61 Å². The number of para-hydroxylation sites is 2. The molecule has 2 heterocycles. The number of hydrogen-bond acceptors (Lipinski definition) is 7. The van der Waals surface area contributed by atoms with E-state index >= 15 is 0 Å². The Bertz CT molecular complexity index is 1740. The Morgan fingerprint density at radius 3 is 2.35 bits per heavy atom. The molecule has 0 saturated carbocycles. The summed E-state index contributed by atoms with van der Waals surface area (Å²) < 4.78 is 23.7. The number of alkyl carbamates (subject to hydrolysis) is 1. The molecule has 0 aliphatic carbocycles. The molecule has 0 saturated heterocycles. The number of ether oxygens (including phenoxy) is 1. The summed E-state index contributed by atoms with van der Waals surface area (Å²) in [6.45, 7) is 3.15. The summed E-state index contributed by atoms with van der Waals surface area (Å²) in [4.78, 5) is 50.7. The number of carbonyl (C=O) groups is 2. The molecule has 2 amide bonds. The van der Waals surface area contributed by atoms with Gasteiger partial charge in [0, 0.05) is 31.1 Å². The van der Waals surface area contributed by atoms with E-state index in [1.165, 1.54) is 19.2 Å². The number of nitrogens with one attached hydrogen (secondary N) is 2. The molecule has 2 aromatic heterocycles. The fraction of sp³-hybridized carbons (Fsp3) is 0.200. The molecule has 13 heteroatoms. The average Bonchev–Trinajstić information content (AvgIpc) is 3.54. The summed E-state index contributed by atoms with van der Waals surface area (Å²) in [6.07, 6.45) is 0.185. The SMILES string of the molecule is C[C@@H](NC(=O)[C@@](C)(Cc1cn(P(=O)([O-])[O-])c2ccccc12)NC(=O)OCc1cc2ccccc2o1)c1ccccc1.[Na+].[Na+]. The minimum absolute atomic E-state index is 0. The number of nitrogens with zero attached hydrogens (tertiary/aromatic N) is 1. The second-order valence-corrected chi connectivity index (χ2v) is 11.4. The third-order valence-corrected chi connectivity index (χ3v) is 7.79. The molecule has 10 nitrogen and oxygen atoms in total. The van der Waals surface area contributed by atoms with Gasteiger partial charge in [-0.2, -0.15) is 0 Å². The predicted octanol–water partition coefficient (Wildman–Crippen LogP) is -1.82. The number of hydrogen-bond donors (Lipinski definition) is 2. The van der Waals surface area contributed by atoms with Crippen LogP contribution in [-0.4, -0.2) is 21.9 Å². The first-order valence-corrected chi connectivity index (χ1v) is 14.4. The number of rotatable bonds is 9. The van der Waals surface area contributed by atoms with Gasteiger partial charge in [0.25, 0.3) is 0 Å². The van der Waals surface area contributed by atoms with Gasteiger partial charge in [-0.25, -0.2) is 4.79 Å². The van der Waals surface area contributed by atoms with E-state index in [2.05, 4.69) is 10.6 Å². The quantitative estimate of drug-likeness (QED) is 0.146. The summed E-state index contributed by atoms with van der Waals surface area (Å²) >= 11 is 0. The van der Waals surface area contributed by atoms with Crippen molar-refractivity contribution in [2.45, 2.75) is 38.5 Å². The summed E-state index contributed by atoms with van der Waals surface area (Å²) in [5, 5.41) is 6.91. The summed E-state index contributed by atoms with van der Waals surface area (Å²) in [6, 6.07) is 24.5. The third kappa shape index (κ3) is 8.22. The molecule has 0 aliphatic heterocycles. The van der Waals surface area contributed by atoms with Crippen molar-refractivity contribution >= 4 is 41.6 Å². The first-order valence-electron chi connectivity index (χ1n) is 12.9. The molecule has 2 atom stereocenters. The fourth-order valence-corrected chi connectivity index (χ4v) is 5.54. The van der Waals surface area contributed by atoms with Crippen LogP contribution >= 0.6 is 7.75 Å². The normalized spacial score (nSPS) is 13.3. The zero-order valence-corrected chi connectivity index (χ0v) is 29.3. The van der Waals surface area contributed by atoms with Gasteiger partial charge in [0.2, 0.25) is 5.91 Å². The Hall–Kier alpha value is -2.37. The van der Waals surface area contributed by atoms with Crippen molar-refractivity contribution in [3.05, 3.63) is 108 Å². The molecule has 0 spiro atoms. The van der Waals surface area contributed by atoms with Gasteiger partial charge < -0.3 is 38.5 Å². The minimum atomic E-state index is -5.19. The number of aromatic nitrogens is 1. The smallest absolute Gasteiger partial charge is 0.795 e. The Morgan fingerprint density at radius 2 is 1.65 bits per heavy atom. The molecule has 0 aliphatic rings. The second kappa shape index (κ2) is 14.6. The molecule has 212 valence electrons.